The van der Waals surface area contributed by atoms with Crippen LogP contribution < -0.4 is 5.32 Å². The first-order valence-corrected chi connectivity index (χ1v) is 7.32. The van der Waals surface area contributed by atoms with Gasteiger partial charge in [0.1, 0.15) is 5.82 Å². The lowest BCUT2D eigenvalue weighted by atomic mass is 10.1. The smallest absolute Gasteiger partial charge is 0.228 e. The third-order valence-electron chi connectivity index (χ3n) is 3.94. The van der Waals surface area contributed by atoms with Crippen molar-refractivity contribution in [1.29, 1.82) is 0 Å². The van der Waals surface area contributed by atoms with E-state index in [1.807, 2.05) is 24.3 Å². The molecule has 3 nitrogen and oxygen atoms in total. The highest BCUT2D eigenvalue weighted by atomic mass is 19.1. The zero-order valence-electron chi connectivity index (χ0n) is 12.4. The van der Waals surface area contributed by atoms with Gasteiger partial charge >= 0.3 is 0 Å². The summed E-state index contributed by atoms with van der Waals surface area (Å²) in [6.45, 7) is 0.505. The van der Waals surface area contributed by atoms with Crippen molar-refractivity contribution < 1.29 is 13.9 Å². The average molecular weight is 299 g/mol. The van der Waals surface area contributed by atoms with Crippen LogP contribution in [0.1, 0.15) is 23.5 Å². The maximum absolute atomic E-state index is 13.7. The quantitative estimate of drug-likeness (QED) is 0.914. The Hall–Kier alpha value is -2.20. The highest BCUT2D eigenvalue weighted by Gasteiger charge is 2.45. The summed E-state index contributed by atoms with van der Waals surface area (Å²) in [5, 5.41) is 2.90. The van der Waals surface area contributed by atoms with Crippen molar-refractivity contribution in [1.82, 2.24) is 0 Å². The van der Waals surface area contributed by atoms with Crippen molar-refractivity contribution >= 4 is 11.6 Å². The van der Waals surface area contributed by atoms with Crippen LogP contribution in [0.3, 0.4) is 0 Å². The van der Waals surface area contributed by atoms with Crippen LogP contribution in [0, 0.1) is 11.7 Å². The van der Waals surface area contributed by atoms with Crippen LogP contribution >= 0.6 is 0 Å². The summed E-state index contributed by atoms with van der Waals surface area (Å²) in [6, 6.07) is 14.2. The molecule has 2 aromatic rings. The molecule has 0 saturated heterocycles. The van der Waals surface area contributed by atoms with E-state index in [9.17, 15) is 9.18 Å². The minimum atomic E-state index is -0.232. The summed E-state index contributed by atoms with van der Waals surface area (Å²) < 4.78 is 18.8. The van der Waals surface area contributed by atoms with Gasteiger partial charge < -0.3 is 10.1 Å². The first-order valence-electron chi connectivity index (χ1n) is 7.32. The second-order valence-electron chi connectivity index (χ2n) is 5.59. The molecule has 1 fully saturated rings. The Kier molecular flexibility index (Phi) is 4.20. The van der Waals surface area contributed by atoms with Crippen molar-refractivity contribution in [2.75, 3.05) is 12.4 Å². The Balaban J connectivity index is 1.64. The number of benzene rings is 2. The third-order valence-corrected chi connectivity index (χ3v) is 3.94. The molecule has 1 amide bonds. The molecule has 2 unspecified atom stereocenters. The van der Waals surface area contributed by atoms with Gasteiger partial charge in [-0.3, -0.25) is 4.79 Å². The van der Waals surface area contributed by atoms with E-state index in [2.05, 4.69) is 5.32 Å². The fourth-order valence-electron chi connectivity index (χ4n) is 2.74. The van der Waals surface area contributed by atoms with Crippen LogP contribution in [-0.4, -0.2) is 13.0 Å². The van der Waals surface area contributed by atoms with Gasteiger partial charge in [-0.05, 0) is 41.7 Å². The van der Waals surface area contributed by atoms with Crippen molar-refractivity contribution in [2.45, 2.75) is 18.9 Å². The van der Waals surface area contributed by atoms with Gasteiger partial charge in [-0.15, -0.1) is 0 Å². The van der Waals surface area contributed by atoms with E-state index in [-0.39, 0.29) is 23.6 Å². The summed E-state index contributed by atoms with van der Waals surface area (Å²) in [4.78, 5) is 12.3. The van der Waals surface area contributed by atoms with Crippen LogP contribution in [0.15, 0.2) is 48.5 Å². The highest BCUT2D eigenvalue weighted by molar-refractivity contribution is 5.95. The molecule has 114 valence electrons. The molecule has 0 bridgehead atoms. The largest absolute Gasteiger partial charge is 0.380 e. The lowest BCUT2D eigenvalue weighted by Gasteiger charge is -2.07. The Morgan fingerprint density at radius 1 is 1.27 bits per heavy atom. The van der Waals surface area contributed by atoms with Crippen molar-refractivity contribution in [2.24, 2.45) is 5.92 Å². The molecule has 1 aliphatic rings. The third kappa shape index (κ3) is 3.17. The van der Waals surface area contributed by atoms with Crippen molar-refractivity contribution in [3.63, 3.8) is 0 Å². The number of hydrogen-bond acceptors (Lipinski definition) is 2. The maximum atomic E-state index is 13.7. The van der Waals surface area contributed by atoms with Crippen LogP contribution in [0.5, 0.6) is 0 Å². The molecule has 0 aliphatic heterocycles. The van der Waals surface area contributed by atoms with E-state index in [4.69, 9.17) is 4.74 Å². The SMILES string of the molecule is COCc1cccc(NC(=O)C2CC2c2ccccc2F)c1. The van der Waals surface area contributed by atoms with Crippen LogP contribution in [0.4, 0.5) is 10.1 Å². The minimum absolute atomic E-state index is 0.0108. The van der Waals surface area contributed by atoms with E-state index in [1.165, 1.54) is 6.07 Å². The van der Waals surface area contributed by atoms with Gasteiger partial charge in [0.2, 0.25) is 5.91 Å². The number of hydrogen-bond donors (Lipinski definition) is 1. The Bertz CT molecular complexity index is 686. The fourth-order valence-corrected chi connectivity index (χ4v) is 2.74. The number of amides is 1. The second-order valence-corrected chi connectivity index (χ2v) is 5.59. The van der Waals surface area contributed by atoms with Gasteiger partial charge in [-0.2, -0.15) is 0 Å². The van der Waals surface area contributed by atoms with Gasteiger partial charge in [-0.1, -0.05) is 30.3 Å². The lowest BCUT2D eigenvalue weighted by molar-refractivity contribution is -0.117. The molecular formula is C18H18FNO2. The first kappa shape index (κ1) is 14.7. The number of ether oxygens (including phenoxy) is 1. The van der Waals surface area contributed by atoms with Crippen LogP contribution in [0.25, 0.3) is 0 Å². The minimum Gasteiger partial charge on any atom is -0.380 e. The molecule has 22 heavy (non-hydrogen) atoms. The molecule has 0 spiro atoms. The van der Waals surface area contributed by atoms with E-state index >= 15 is 0 Å². The topological polar surface area (TPSA) is 38.3 Å². The molecule has 0 radical (unpaired) electrons. The van der Waals surface area contributed by atoms with Crippen LogP contribution in [0.2, 0.25) is 0 Å². The molecule has 1 N–H and O–H groups in total. The van der Waals surface area contributed by atoms with Gasteiger partial charge in [-0.25, -0.2) is 4.39 Å². The molecule has 2 atom stereocenters. The number of nitrogens with one attached hydrogen (secondary N) is 1. The lowest BCUT2D eigenvalue weighted by Crippen LogP contribution is -2.14. The number of halogens is 1. The molecule has 0 heterocycles. The molecule has 1 aliphatic carbocycles. The molecule has 1 saturated carbocycles. The van der Waals surface area contributed by atoms with Gasteiger partial charge in [0, 0.05) is 18.7 Å². The number of rotatable bonds is 5. The predicted octanol–water partition coefficient (Wildman–Crippen LogP) is 3.71. The monoisotopic (exact) mass is 299 g/mol. The van der Waals surface area contributed by atoms with Crippen molar-refractivity contribution in [3.05, 3.63) is 65.5 Å². The molecule has 3 rings (SSSR count). The summed E-state index contributed by atoms with van der Waals surface area (Å²) in [5.74, 6) is -0.445. The zero-order chi connectivity index (χ0) is 15.5. The average Bonchev–Trinajstić information content (AvgIpc) is 3.29. The molecular weight excluding hydrogens is 281 g/mol. The molecule has 0 aromatic heterocycles. The Morgan fingerprint density at radius 2 is 2.09 bits per heavy atom. The number of methoxy groups -OCH3 is 1. The fraction of sp³-hybridized carbons (Fsp3) is 0.278. The molecule has 2 aromatic carbocycles. The Morgan fingerprint density at radius 3 is 2.86 bits per heavy atom. The number of anilines is 1. The summed E-state index contributed by atoms with van der Waals surface area (Å²) >= 11 is 0. The van der Waals surface area contributed by atoms with E-state index in [1.54, 1.807) is 25.3 Å². The molecule has 4 heteroatoms. The second kappa shape index (κ2) is 6.28. The standard InChI is InChI=1S/C18H18FNO2/c1-22-11-12-5-4-6-13(9-12)20-18(21)16-10-15(16)14-7-2-3-8-17(14)19/h2-9,15-16H,10-11H2,1H3,(H,20,21). The summed E-state index contributed by atoms with van der Waals surface area (Å²) in [6.07, 6.45) is 0.699. The number of carbonyl (C=O) groups is 1. The predicted molar refractivity (Wildman–Crippen MR) is 83.0 cm³/mol. The van der Waals surface area contributed by atoms with Gasteiger partial charge in [0.15, 0.2) is 0 Å². The van der Waals surface area contributed by atoms with Gasteiger partial charge in [0.25, 0.3) is 0 Å². The van der Waals surface area contributed by atoms with E-state index < -0.39 is 0 Å². The number of carbonyl (C=O) groups excluding carboxylic acids is 1. The van der Waals surface area contributed by atoms with Crippen molar-refractivity contribution in [3.8, 4) is 0 Å². The normalized spacial score (nSPS) is 19.7. The summed E-state index contributed by atoms with van der Waals surface area (Å²) in [5.41, 5.74) is 2.39. The first-order chi connectivity index (χ1) is 10.7. The maximum Gasteiger partial charge on any atom is 0.228 e. The van der Waals surface area contributed by atoms with E-state index in [0.29, 0.717) is 18.6 Å². The van der Waals surface area contributed by atoms with Gasteiger partial charge in [0.05, 0.1) is 6.61 Å². The highest BCUT2D eigenvalue weighted by Crippen LogP contribution is 2.48. The summed E-state index contributed by atoms with van der Waals surface area (Å²) in [7, 11) is 1.63. The Labute approximate surface area is 129 Å². The van der Waals surface area contributed by atoms with E-state index in [0.717, 1.165) is 11.3 Å². The zero-order valence-corrected chi connectivity index (χ0v) is 12.4. The van der Waals surface area contributed by atoms with Crippen LogP contribution in [-0.2, 0) is 16.1 Å².